The second-order valence-electron chi connectivity index (χ2n) is 4.03. The van der Waals surface area contributed by atoms with E-state index in [2.05, 4.69) is 0 Å². The fourth-order valence-corrected chi connectivity index (χ4v) is 2.00. The first-order valence-electron chi connectivity index (χ1n) is 5.24. The summed E-state index contributed by atoms with van der Waals surface area (Å²) >= 11 is 0. The molecular weight excluding hydrogens is 200 g/mol. The van der Waals surface area contributed by atoms with Gasteiger partial charge < -0.3 is 14.6 Å². The molecule has 1 aliphatic carbocycles. The van der Waals surface area contributed by atoms with E-state index in [-0.39, 0.29) is 18.9 Å². The molecular formula is C10H14O5. The molecule has 2 unspecified atom stereocenters. The van der Waals surface area contributed by atoms with Gasteiger partial charge in [0.25, 0.3) is 0 Å². The van der Waals surface area contributed by atoms with Crippen molar-refractivity contribution in [3.63, 3.8) is 0 Å². The summed E-state index contributed by atoms with van der Waals surface area (Å²) in [6.07, 6.45) is 3.59. The molecule has 1 saturated heterocycles. The van der Waals surface area contributed by atoms with Crippen LogP contribution in [0, 0.1) is 0 Å². The van der Waals surface area contributed by atoms with Crippen molar-refractivity contribution >= 4 is 11.9 Å². The smallest absolute Gasteiger partial charge is 0.308 e. The monoisotopic (exact) mass is 214 g/mol. The first-order valence-corrected chi connectivity index (χ1v) is 5.24. The molecule has 2 rings (SSSR count). The molecule has 0 radical (unpaired) electrons. The van der Waals surface area contributed by atoms with Crippen molar-refractivity contribution in [1.29, 1.82) is 0 Å². The molecule has 0 aromatic heterocycles. The minimum atomic E-state index is -0.985. The zero-order chi connectivity index (χ0) is 10.9. The van der Waals surface area contributed by atoms with Gasteiger partial charge in [-0.1, -0.05) is 6.42 Å². The molecule has 1 heterocycles. The van der Waals surface area contributed by atoms with Crippen LogP contribution < -0.4 is 0 Å². The lowest BCUT2D eigenvalue weighted by molar-refractivity contribution is -0.162. The molecule has 5 nitrogen and oxygen atoms in total. The van der Waals surface area contributed by atoms with Crippen molar-refractivity contribution in [2.75, 3.05) is 0 Å². The predicted octanol–water partition coefficient (Wildman–Crippen LogP) is 1.06. The van der Waals surface area contributed by atoms with E-state index < -0.39 is 17.7 Å². The van der Waals surface area contributed by atoms with Gasteiger partial charge in [-0.3, -0.25) is 9.59 Å². The van der Waals surface area contributed by atoms with Gasteiger partial charge in [-0.25, -0.2) is 0 Å². The summed E-state index contributed by atoms with van der Waals surface area (Å²) in [7, 11) is 0. The third-order valence-electron chi connectivity index (χ3n) is 2.85. The number of epoxide rings is 1. The summed E-state index contributed by atoms with van der Waals surface area (Å²) in [4.78, 5) is 21.5. The number of hydrogen-bond donors (Lipinski definition) is 1. The summed E-state index contributed by atoms with van der Waals surface area (Å²) in [5, 5.41) is 8.40. The number of carbonyl (C=O) groups is 2. The second-order valence-corrected chi connectivity index (χ2v) is 4.03. The highest BCUT2D eigenvalue weighted by Crippen LogP contribution is 2.48. The van der Waals surface area contributed by atoms with Gasteiger partial charge >= 0.3 is 11.9 Å². The van der Waals surface area contributed by atoms with Gasteiger partial charge in [0.15, 0.2) is 0 Å². The maximum Gasteiger partial charge on any atom is 0.308 e. The maximum absolute atomic E-state index is 11.3. The van der Waals surface area contributed by atoms with Crippen LogP contribution in [0.4, 0.5) is 0 Å². The lowest BCUT2D eigenvalue weighted by atomic mass is 9.98. The molecule has 0 aromatic carbocycles. The highest BCUT2D eigenvalue weighted by atomic mass is 16.8. The summed E-state index contributed by atoms with van der Waals surface area (Å²) in [6.45, 7) is 0. The summed E-state index contributed by atoms with van der Waals surface area (Å²) < 4.78 is 10.5. The quantitative estimate of drug-likeness (QED) is 0.559. The van der Waals surface area contributed by atoms with Gasteiger partial charge in [0.1, 0.15) is 6.10 Å². The second kappa shape index (κ2) is 3.81. The van der Waals surface area contributed by atoms with Crippen LogP contribution in [-0.2, 0) is 19.1 Å². The van der Waals surface area contributed by atoms with Crippen LogP contribution in [0.15, 0.2) is 0 Å². The predicted molar refractivity (Wildman–Crippen MR) is 49.0 cm³/mol. The summed E-state index contributed by atoms with van der Waals surface area (Å²) in [6, 6.07) is 0. The van der Waals surface area contributed by atoms with E-state index in [9.17, 15) is 9.59 Å². The Kier molecular flexibility index (Phi) is 2.65. The van der Waals surface area contributed by atoms with Crippen molar-refractivity contribution in [2.45, 2.75) is 50.4 Å². The van der Waals surface area contributed by atoms with Gasteiger partial charge in [-0.05, 0) is 12.8 Å². The molecule has 1 aliphatic heterocycles. The largest absolute Gasteiger partial charge is 0.481 e. The van der Waals surface area contributed by atoms with E-state index in [1.165, 1.54) is 0 Å². The summed E-state index contributed by atoms with van der Waals surface area (Å²) in [5.74, 6) is -2.14. The molecule has 5 heteroatoms. The van der Waals surface area contributed by atoms with Crippen LogP contribution in [0.3, 0.4) is 0 Å². The first-order chi connectivity index (χ1) is 7.12. The lowest BCUT2D eigenvalue weighted by Crippen LogP contribution is -2.26. The number of carbonyl (C=O) groups excluding carboxylic acids is 1. The zero-order valence-electron chi connectivity index (χ0n) is 8.40. The van der Waals surface area contributed by atoms with Crippen LogP contribution in [-0.4, -0.2) is 28.9 Å². The Morgan fingerprint density at radius 1 is 1.40 bits per heavy atom. The molecule has 1 N–H and O–H groups in total. The molecule has 2 fully saturated rings. The van der Waals surface area contributed by atoms with Crippen molar-refractivity contribution in [1.82, 2.24) is 0 Å². The number of esters is 1. The van der Waals surface area contributed by atoms with Crippen molar-refractivity contribution in [3.05, 3.63) is 0 Å². The average Bonchev–Trinajstić information content (AvgIpc) is 2.88. The van der Waals surface area contributed by atoms with E-state index in [4.69, 9.17) is 14.6 Å². The van der Waals surface area contributed by atoms with Gasteiger partial charge in [0.05, 0.1) is 12.8 Å². The third-order valence-corrected chi connectivity index (χ3v) is 2.85. The van der Waals surface area contributed by atoms with Crippen LogP contribution in [0.2, 0.25) is 0 Å². The Balaban J connectivity index is 1.77. The van der Waals surface area contributed by atoms with Crippen LogP contribution in [0.1, 0.15) is 38.5 Å². The van der Waals surface area contributed by atoms with Gasteiger partial charge in [-0.15, -0.1) is 0 Å². The third kappa shape index (κ3) is 2.28. The number of rotatable bonds is 4. The fraction of sp³-hybridized carbons (Fsp3) is 0.800. The molecule has 0 amide bonds. The van der Waals surface area contributed by atoms with Crippen LogP contribution >= 0.6 is 0 Å². The normalized spacial score (nSPS) is 32.9. The average molecular weight is 214 g/mol. The molecule has 0 bridgehead atoms. The highest BCUT2D eigenvalue weighted by molar-refractivity contribution is 5.76. The molecule has 0 aromatic rings. The van der Waals surface area contributed by atoms with E-state index in [0.717, 1.165) is 25.7 Å². The number of carboxylic acids is 1. The number of ether oxygens (including phenoxy) is 2. The van der Waals surface area contributed by atoms with Crippen molar-refractivity contribution in [3.8, 4) is 0 Å². The Morgan fingerprint density at radius 3 is 2.87 bits per heavy atom. The number of fused-ring (bicyclic) bond motifs is 1. The molecule has 0 spiro atoms. The fourth-order valence-electron chi connectivity index (χ4n) is 2.00. The summed E-state index contributed by atoms with van der Waals surface area (Å²) in [5.41, 5.74) is 0. The molecule has 1 saturated carbocycles. The minimum absolute atomic E-state index is 0.0556. The molecule has 84 valence electrons. The van der Waals surface area contributed by atoms with Gasteiger partial charge in [0.2, 0.25) is 5.79 Å². The number of carboxylic acid groups (broad SMARTS) is 1. The van der Waals surface area contributed by atoms with E-state index >= 15 is 0 Å². The highest BCUT2D eigenvalue weighted by Gasteiger charge is 2.61. The topological polar surface area (TPSA) is 76.1 Å². The Hall–Kier alpha value is -1.10. The first kappa shape index (κ1) is 10.4. The van der Waals surface area contributed by atoms with Crippen LogP contribution in [0.5, 0.6) is 0 Å². The minimum Gasteiger partial charge on any atom is -0.481 e. The van der Waals surface area contributed by atoms with Crippen LogP contribution in [0.25, 0.3) is 0 Å². The Bertz CT molecular complexity index is 288. The van der Waals surface area contributed by atoms with Gasteiger partial charge in [0, 0.05) is 6.42 Å². The maximum atomic E-state index is 11.3. The lowest BCUT2D eigenvalue weighted by Gasteiger charge is -2.17. The number of hydrogen-bond acceptors (Lipinski definition) is 4. The van der Waals surface area contributed by atoms with E-state index in [1.54, 1.807) is 0 Å². The van der Waals surface area contributed by atoms with Crippen molar-refractivity contribution < 1.29 is 24.2 Å². The number of aliphatic carboxylic acids is 1. The molecule has 2 atom stereocenters. The molecule has 15 heavy (non-hydrogen) atoms. The van der Waals surface area contributed by atoms with Crippen molar-refractivity contribution in [2.24, 2.45) is 0 Å². The zero-order valence-corrected chi connectivity index (χ0v) is 8.40. The SMILES string of the molecule is O=C(O)CCC(=O)OC12CCCCC1O2. The van der Waals surface area contributed by atoms with E-state index in [0.29, 0.717) is 0 Å². The molecule has 2 aliphatic rings. The Labute approximate surface area is 87.4 Å². The Morgan fingerprint density at radius 2 is 2.20 bits per heavy atom. The van der Waals surface area contributed by atoms with E-state index in [1.807, 2.05) is 0 Å². The van der Waals surface area contributed by atoms with Gasteiger partial charge in [-0.2, -0.15) is 0 Å². The standard InChI is InChI=1S/C10H14O5/c11-8(12)4-5-9(13)15-10-6-2-1-3-7(10)14-10/h7H,1-6H2,(H,11,12).